The van der Waals surface area contributed by atoms with Gasteiger partial charge in [0.05, 0.1) is 26.0 Å². The summed E-state index contributed by atoms with van der Waals surface area (Å²) in [7, 11) is 3.49. The van der Waals surface area contributed by atoms with Crippen molar-refractivity contribution in [2.75, 3.05) is 30.5 Å². The summed E-state index contributed by atoms with van der Waals surface area (Å²) in [5.41, 5.74) is 3.10. The Morgan fingerprint density at radius 1 is 1.19 bits per heavy atom. The van der Waals surface area contributed by atoms with Crippen LogP contribution in [0.2, 0.25) is 0 Å². The Balaban J connectivity index is 0.00000245. The normalized spacial score (nSPS) is 17.1. The van der Waals surface area contributed by atoms with E-state index >= 15 is 0 Å². The van der Waals surface area contributed by atoms with Crippen LogP contribution in [0.5, 0.6) is 5.75 Å². The quantitative estimate of drug-likeness (QED) is 0.593. The number of fused-ring (bicyclic) bond motifs is 3. The maximum Gasteiger partial charge on any atom is 0.249 e. The van der Waals surface area contributed by atoms with Gasteiger partial charge in [-0.25, -0.2) is 9.97 Å². The summed E-state index contributed by atoms with van der Waals surface area (Å²) in [6, 6.07) is 7.94. The number of aromatic nitrogens is 4. The van der Waals surface area contributed by atoms with Crippen molar-refractivity contribution in [2.45, 2.75) is 45.7 Å². The molecule has 1 aromatic carbocycles. The van der Waals surface area contributed by atoms with E-state index in [0.717, 1.165) is 66.4 Å². The van der Waals surface area contributed by atoms with Crippen LogP contribution in [0.3, 0.4) is 0 Å². The van der Waals surface area contributed by atoms with E-state index in [9.17, 15) is 4.79 Å². The lowest BCUT2D eigenvalue weighted by atomic mass is 10.1. The second-order valence-corrected chi connectivity index (χ2v) is 8.14. The highest BCUT2D eigenvalue weighted by molar-refractivity contribution is 6.04. The third-order valence-electron chi connectivity index (χ3n) is 6.10. The van der Waals surface area contributed by atoms with Gasteiger partial charge in [0.25, 0.3) is 0 Å². The minimum Gasteiger partial charge on any atom is -0.497 e. The largest absolute Gasteiger partial charge is 0.497 e. The van der Waals surface area contributed by atoms with E-state index in [2.05, 4.69) is 27.2 Å². The highest BCUT2D eigenvalue weighted by Gasteiger charge is 2.40. The Kier molecular flexibility index (Phi) is 6.12. The van der Waals surface area contributed by atoms with Gasteiger partial charge < -0.3 is 14.5 Å². The molecular weight excluding hydrogens is 404 g/mol. The second-order valence-electron chi connectivity index (χ2n) is 8.14. The Labute approximate surface area is 188 Å². The molecule has 2 aliphatic heterocycles. The van der Waals surface area contributed by atoms with E-state index in [4.69, 9.17) is 9.72 Å². The number of ether oxygens (including phenoxy) is 1. The van der Waals surface area contributed by atoms with Crippen molar-refractivity contribution in [3.05, 3.63) is 59.8 Å². The van der Waals surface area contributed by atoms with E-state index in [1.54, 1.807) is 18.2 Å². The number of likely N-dealkylation sites (N-methyl/N-ethyl adjacent to an activating group) is 1. The first-order chi connectivity index (χ1) is 15.1. The summed E-state index contributed by atoms with van der Waals surface area (Å²) in [5.74, 6) is 2.68. The van der Waals surface area contributed by atoms with Gasteiger partial charge in [-0.05, 0) is 42.5 Å². The smallest absolute Gasteiger partial charge is 0.249 e. The molecule has 1 fully saturated rings. The fourth-order valence-corrected chi connectivity index (χ4v) is 4.43. The molecule has 0 bridgehead atoms. The molecule has 8 nitrogen and oxygen atoms in total. The number of hydrogen-bond donors (Lipinski definition) is 0. The van der Waals surface area contributed by atoms with Crippen molar-refractivity contribution in [1.29, 1.82) is 0 Å². The van der Waals surface area contributed by atoms with Crippen molar-refractivity contribution < 1.29 is 9.53 Å². The van der Waals surface area contributed by atoms with E-state index in [1.165, 1.54) is 0 Å². The first kappa shape index (κ1) is 21.8. The fraction of sp³-hybridized carbons (Fsp3) is 0.417. The topological polar surface area (TPSA) is 76.4 Å². The Bertz CT molecular complexity index is 1110. The third-order valence-corrected chi connectivity index (χ3v) is 6.10. The van der Waals surface area contributed by atoms with Gasteiger partial charge in [-0.1, -0.05) is 19.6 Å². The third kappa shape index (κ3) is 4.04. The van der Waals surface area contributed by atoms with Crippen LogP contribution in [-0.4, -0.2) is 52.4 Å². The molecule has 5 rings (SSSR count). The van der Waals surface area contributed by atoms with Crippen LogP contribution in [0.4, 0.5) is 11.5 Å². The van der Waals surface area contributed by atoms with E-state index < -0.39 is 0 Å². The standard InChI is InChI=1S/C23H26N6O2.CH4/c1-27-20-13-24-21(26-22(20)29-10-4-7-19(29)23(27)30)9-8-17-12-25-28(15-17)14-16-5-3-6-18(11-16)31-2;/h3,5-6,11-13,15,19H,4,7-10,14H2,1-2H3;1H4/t19-;/m0./s1. The number of methoxy groups -OCH3 is 1. The van der Waals surface area contributed by atoms with Gasteiger partial charge in [0.1, 0.15) is 23.3 Å². The molecule has 0 spiro atoms. The molecule has 1 saturated heterocycles. The van der Waals surface area contributed by atoms with Crippen molar-refractivity contribution in [2.24, 2.45) is 0 Å². The lowest BCUT2D eigenvalue weighted by molar-refractivity contribution is -0.119. The van der Waals surface area contributed by atoms with Crippen LogP contribution in [0.25, 0.3) is 0 Å². The highest BCUT2D eigenvalue weighted by atomic mass is 16.5. The van der Waals surface area contributed by atoms with Gasteiger partial charge >= 0.3 is 0 Å². The molecule has 168 valence electrons. The monoisotopic (exact) mass is 434 g/mol. The van der Waals surface area contributed by atoms with Crippen LogP contribution >= 0.6 is 0 Å². The van der Waals surface area contributed by atoms with Crippen LogP contribution in [0, 0.1) is 0 Å². The first-order valence-corrected chi connectivity index (χ1v) is 10.7. The van der Waals surface area contributed by atoms with E-state index in [1.807, 2.05) is 36.1 Å². The molecule has 1 atom stereocenters. The summed E-state index contributed by atoms with van der Waals surface area (Å²) in [6.07, 6.45) is 9.23. The molecule has 0 unspecified atom stereocenters. The summed E-state index contributed by atoms with van der Waals surface area (Å²) in [5, 5.41) is 4.49. The number of aryl methyl sites for hydroxylation is 2. The Morgan fingerprint density at radius 2 is 2.06 bits per heavy atom. The molecule has 0 radical (unpaired) electrons. The van der Waals surface area contributed by atoms with Gasteiger partial charge in [-0.15, -0.1) is 0 Å². The lowest BCUT2D eigenvalue weighted by Crippen LogP contribution is -2.49. The molecule has 1 amide bonds. The van der Waals surface area contributed by atoms with Gasteiger partial charge in [-0.3, -0.25) is 9.48 Å². The molecule has 2 aromatic heterocycles. The Hall–Kier alpha value is -3.42. The maximum atomic E-state index is 12.5. The lowest BCUT2D eigenvalue weighted by Gasteiger charge is -2.36. The van der Waals surface area contributed by atoms with Gasteiger partial charge in [0.15, 0.2) is 5.82 Å². The number of carbonyl (C=O) groups excluding carboxylic acids is 1. The number of nitrogens with zero attached hydrogens (tertiary/aromatic N) is 6. The number of rotatable bonds is 6. The zero-order chi connectivity index (χ0) is 21.4. The molecule has 0 saturated carbocycles. The number of anilines is 2. The molecule has 0 N–H and O–H groups in total. The molecule has 8 heteroatoms. The average Bonchev–Trinajstić information content (AvgIpc) is 3.46. The van der Waals surface area contributed by atoms with Crippen molar-refractivity contribution in [1.82, 2.24) is 19.7 Å². The number of amides is 1. The number of carbonyl (C=O) groups is 1. The highest BCUT2D eigenvalue weighted by Crippen LogP contribution is 2.37. The second kappa shape index (κ2) is 8.98. The van der Waals surface area contributed by atoms with E-state index in [-0.39, 0.29) is 19.4 Å². The zero-order valence-electron chi connectivity index (χ0n) is 17.9. The summed E-state index contributed by atoms with van der Waals surface area (Å²) < 4.78 is 7.23. The van der Waals surface area contributed by atoms with Crippen LogP contribution in [0.15, 0.2) is 42.9 Å². The van der Waals surface area contributed by atoms with Gasteiger partial charge in [-0.2, -0.15) is 5.10 Å². The SMILES string of the molecule is C.COc1cccc(Cn2cc(CCc3ncc4c(n3)N3CCC[C@H]3C(=O)N4C)cn2)c1. The predicted molar refractivity (Wildman–Crippen MR) is 124 cm³/mol. The molecule has 32 heavy (non-hydrogen) atoms. The average molecular weight is 435 g/mol. The minimum absolute atomic E-state index is 0. The van der Waals surface area contributed by atoms with Gasteiger partial charge in [0, 0.05) is 26.2 Å². The molecular formula is C24H30N6O2. The van der Waals surface area contributed by atoms with Crippen molar-refractivity contribution in [3.63, 3.8) is 0 Å². The van der Waals surface area contributed by atoms with Crippen LogP contribution in [-0.2, 0) is 24.2 Å². The molecule has 3 aromatic rings. The van der Waals surface area contributed by atoms with Crippen LogP contribution < -0.4 is 14.5 Å². The summed E-state index contributed by atoms with van der Waals surface area (Å²) >= 11 is 0. The summed E-state index contributed by atoms with van der Waals surface area (Å²) in [6.45, 7) is 1.58. The van der Waals surface area contributed by atoms with Crippen LogP contribution in [0.1, 0.15) is 37.2 Å². The first-order valence-electron chi connectivity index (χ1n) is 10.7. The maximum absolute atomic E-state index is 12.5. The van der Waals surface area contributed by atoms with Gasteiger partial charge in [0.2, 0.25) is 5.91 Å². The fourth-order valence-electron chi connectivity index (χ4n) is 4.43. The summed E-state index contributed by atoms with van der Waals surface area (Å²) in [4.78, 5) is 25.8. The van der Waals surface area contributed by atoms with E-state index in [0.29, 0.717) is 6.54 Å². The minimum atomic E-state index is -0.0740. The predicted octanol–water partition coefficient (Wildman–Crippen LogP) is 3.10. The Morgan fingerprint density at radius 3 is 2.91 bits per heavy atom. The molecule has 4 heterocycles. The number of benzene rings is 1. The molecule has 2 aliphatic rings. The van der Waals surface area contributed by atoms with Crippen molar-refractivity contribution in [3.8, 4) is 5.75 Å². The van der Waals surface area contributed by atoms with Crippen molar-refractivity contribution >= 4 is 17.4 Å². The molecule has 0 aliphatic carbocycles. The zero-order valence-corrected chi connectivity index (χ0v) is 17.9. The number of hydrogen-bond acceptors (Lipinski definition) is 6.